The Kier molecular flexibility index (Phi) is 5.10. The summed E-state index contributed by atoms with van der Waals surface area (Å²) < 4.78 is 6.88. The molecule has 0 saturated carbocycles. The molecule has 1 saturated heterocycles. The molecule has 3 rings (SSSR count). The van der Waals surface area contributed by atoms with Crippen molar-refractivity contribution in [2.24, 2.45) is 0 Å². The van der Waals surface area contributed by atoms with Gasteiger partial charge in [0, 0.05) is 27.6 Å². The second kappa shape index (κ2) is 6.90. The van der Waals surface area contributed by atoms with E-state index in [-0.39, 0.29) is 12.2 Å². The number of hydrogen-bond donors (Lipinski definition) is 0. The molecule has 2 nitrogen and oxygen atoms in total. The lowest BCUT2D eigenvalue weighted by Gasteiger charge is -2.16. The third kappa shape index (κ3) is 4.03. The van der Waals surface area contributed by atoms with Crippen molar-refractivity contribution in [1.82, 2.24) is 4.90 Å². The Hall–Kier alpha value is -0.580. The Morgan fingerprint density at radius 3 is 2.55 bits per heavy atom. The van der Waals surface area contributed by atoms with Crippen LogP contribution in [0.3, 0.4) is 0 Å². The van der Waals surface area contributed by atoms with E-state index in [0.717, 1.165) is 23.1 Å². The average molecular weight is 401 g/mol. The number of epoxide rings is 1. The number of benzene rings is 2. The molecule has 2 unspecified atom stereocenters. The van der Waals surface area contributed by atoms with E-state index < -0.39 is 0 Å². The fourth-order valence-electron chi connectivity index (χ4n) is 2.54. The van der Waals surface area contributed by atoms with E-state index in [4.69, 9.17) is 27.9 Å². The summed E-state index contributed by atoms with van der Waals surface area (Å²) in [7, 11) is 2.07. The zero-order valence-electron chi connectivity index (χ0n) is 12.1. The van der Waals surface area contributed by atoms with Crippen molar-refractivity contribution in [3.63, 3.8) is 0 Å². The number of rotatable bonds is 5. The summed E-state index contributed by atoms with van der Waals surface area (Å²) in [6.45, 7) is 1.66. The molecular formula is C17H16BrCl2NO. The van der Waals surface area contributed by atoms with Crippen LogP contribution in [0.15, 0.2) is 46.9 Å². The van der Waals surface area contributed by atoms with Gasteiger partial charge in [-0.05, 0) is 42.4 Å². The van der Waals surface area contributed by atoms with Gasteiger partial charge in [-0.15, -0.1) is 0 Å². The smallest absolute Gasteiger partial charge is 0.110 e. The summed E-state index contributed by atoms with van der Waals surface area (Å²) in [5, 5.41) is 1.37. The minimum Gasteiger partial charge on any atom is -0.363 e. The molecule has 1 heterocycles. The summed E-state index contributed by atoms with van der Waals surface area (Å²) in [6, 6.07) is 13.9. The van der Waals surface area contributed by atoms with Crippen LogP contribution in [-0.2, 0) is 11.3 Å². The van der Waals surface area contributed by atoms with Crippen molar-refractivity contribution in [2.75, 3.05) is 13.6 Å². The number of nitrogens with zero attached hydrogens (tertiary/aromatic N) is 1. The van der Waals surface area contributed by atoms with Gasteiger partial charge in [-0.1, -0.05) is 57.3 Å². The molecule has 2 aromatic carbocycles. The molecule has 2 atom stereocenters. The summed E-state index contributed by atoms with van der Waals surface area (Å²) >= 11 is 15.6. The molecule has 0 aromatic heterocycles. The molecule has 2 aromatic rings. The van der Waals surface area contributed by atoms with Crippen molar-refractivity contribution in [3.05, 3.63) is 68.1 Å². The van der Waals surface area contributed by atoms with Gasteiger partial charge in [-0.2, -0.15) is 0 Å². The van der Waals surface area contributed by atoms with Crippen molar-refractivity contribution >= 4 is 39.1 Å². The van der Waals surface area contributed by atoms with Crippen molar-refractivity contribution in [3.8, 4) is 0 Å². The first-order chi connectivity index (χ1) is 10.5. The van der Waals surface area contributed by atoms with Gasteiger partial charge in [0.25, 0.3) is 0 Å². The second-order valence-electron chi connectivity index (χ2n) is 5.58. The van der Waals surface area contributed by atoms with Gasteiger partial charge < -0.3 is 4.74 Å². The van der Waals surface area contributed by atoms with Crippen LogP contribution in [0.25, 0.3) is 0 Å². The first-order valence-corrected chi connectivity index (χ1v) is 8.61. The molecule has 1 aliphatic rings. The Morgan fingerprint density at radius 2 is 1.86 bits per heavy atom. The monoisotopic (exact) mass is 399 g/mol. The largest absolute Gasteiger partial charge is 0.363 e. The molecule has 0 aliphatic carbocycles. The zero-order valence-corrected chi connectivity index (χ0v) is 15.2. The highest BCUT2D eigenvalue weighted by molar-refractivity contribution is 9.10. The van der Waals surface area contributed by atoms with Gasteiger partial charge in [0.1, 0.15) is 12.2 Å². The molecule has 0 N–H and O–H groups in total. The Morgan fingerprint density at radius 1 is 1.14 bits per heavy atom. The quantitative estimate of drug-likeness (QED) is 0.630. The zero-order chi connectivity index (χ0) is 15.7. The highest BCUT2D eigenvalue weighted by Crippen LogP contribution is 2.39. The summed E-state index contributed by atoms with van der Waals surface area (Å²) in [5.41, 5.74) is 2.31. The van der Waals surface area contributed by atoms with E-state index in [1.165, 1.54) is 5.56 Å². The fourth-order valence-corrected chi connectivity index (χ4v) is 3.27. The second-order valence-corrected chi connectivity index (χ2v) is 7.34. The molecule has 1 aliphatic heterocycles. The lowest BCUT2D eigenvalue weighted by atomic mass is 10.1. The van der Waals surface area contributed by atoms with Crippen LogP contribution in [0.4, 0.5) is 0 Å². The lowest BCUT2D eigenvalue weighted by molar-refractivity contribution is 0.275. The van der Waals surface area contributed by atoms with Gasteiger partial charge in [0.15, 0.2) is 0 Å². The molecule has 5 heteroatoms. The summed E-state index contributed by atoms with van der Waals surface area (Å²) in [6.07, 6.45) is 0.452. The SMILES string of the molecule is CN(Cc1ccc(Cl)cc1Cl)CC1OC1c1ccc(Br)cc1. The molecule has 22 heavy (non-hydrogen) atoms. The predicted octanol–water partition coefficient (Wildman–Crippen LogP) is 5.33. The molecule has 0 spiro atoms. The fraction of sp³-hybridized carbons (Fsp3) is 0.294. The highest BCUT2D eigenvalue weighted by Gasteiger charge is 2.40. The first-order valence-electron chi connectivity index (χ1n) is 7.06. The maximum atomic E-state index is 6.22. The summed E-state index contributed by atoms with van der Waals surface area (Å²) in [4.78, 5) is 2.22. The van der Waals surface area contributed by atoms with Gasteiger partial charge >= 0.3 is 0 Å². The maximum Gasteiger partial charge on any atom is 0.110 e. The minimum atomic E-state index is 0.205. The summed E-state index contributed by atoms with van der Waals surface area (Å²) in [5.74, 6) is 0. The standard InChI is InChI=1S/C17H16BrCl2NO/c1-21(9-12-4-7-14(19)8-15(12)20)10-16-17(22-16)11-2-5-13(18)6-3-11/h2-8,16-17H,9-10H2,1H3. The van der Waals surface area contributed by atoms with E-state index >= 15 is 0 Å². The Labute approximate surface area is 149 Å². The van der Waals surface area contributed by atoms with Gasteiger partial charge in [0.05, 0.1) is 0 Å². The number of ether oxygens (including phenoxy) is 1. The molecule has 1 fully saturated rings. The van der Waals surface area contributed by atoms with Crippen molar-refractivity contribution < 1.29 is 4.74 Å². The predicted molar refractivity (Wildman–Crippen MR) is 94.6 cm³/mol. The maximum absolute atomic E-state index is 6.22. The molecular weight excluding hydrogens is 385 g/mol. The van der Waals surface area contributed by atoms with Crippen LogP contribution < -0.4 is 0 Å². The minimum absolute atomic E-state index is 0.205. The normalized spacial score (nSPS) is 20.4. The van der Waals surface area contributed by atoms with Crippen molar-refractivity contribution in [1.29, 1.82) is 0 Å². The Balaban J connectivity index is 1.55. The molecule has 0 radical (unpaired) electrons. The van der Waals surface area contributed by atoms with Crippen LogP contribution in [0.1, 0.15) is 17.2 Å². The van der Waals surface area contributed by atoms with Gasteiger partial charge in [0.2, 0.25) is 0 Å². The van der Waals surface area contributed by atoms with Crippen molar-refractivity contribution in [2.45, 2.75) is 18.8 Å². The van der Waals surface area contributed by atoms with Crippen LogP contribution in [0.2, 0.25) is 10.0 Å². The molecule has 116 valence electrons. The van der Waals surface area contributed by atoms with E-state index in [1.807, 2.05) is 24.3 Å². The van der Waals surface area contributed by atoms with Crippen LogP contribution in [-0.4, -0.2) is 24.6 Å². The molecule has 0 amide bonds. The van der Waals surface area contributed by atoms with Gasteiger partial charge in [-0.25, -0.2) is 0 Å². The van der Waals surface area contributed by atoms with E-state index in [2.05, 4.69) is 40.0 Å². The Bertz CT molecular complexity index is 662. The van der Waals surface area contributed by atoms with Crippen LogP contribution in [0, 0.1) is 0 Å². The van der Waals surface area contributed by atoms with Crippen LogP contribution >= 0.6 is 39.1 Å². The van der Waals surface area contributed by atoms with E-state index in [1.54, 1.807) is 6.07 Å². The molecule has 0 bridgehead atoms. The van der Waals surface area contributed by atoms with E-state index in [0.29, 0.717) is 10.0 Å². The van der Waals surface area contributed by atoms with Crippen LogP contribution in [0.5, 0.6) is 0 Å². The third-order valence-corrected chi connectivity index (χ3v) is 4.84. The third-order valence-electron chi connectivity index (χ3n) is 3.73. The topological polar surface area (TPSA) is 15.8 Å². The first kappa shape index (κ1) is 16.3. The number of hydrogen-bond acceptors (Lipinski definition) is 2. The number of halogens is 3. The highest BCUT2D eigenvalue weighted by atomic mass is 79.9. The van der Waals surface area contributed by atoms with E-state index in [9.17, 15) is 0 Å². The van der Waals surface area contributed by atoms with Gasteiger partial charge in [-0.3, -0.25) is 4.90 Å². The number of likely N-dealkylation sites (N-methyl/N-ethyl adjacent to an activating group) is 1. The average Bonchev–Trinajstić information content (AvgIpc) is 3.22. The lowest BCUT2D eigenvalue weighted by Crippen LogP contribution is -2.23.